The second kappa shape index (κ2) is 5.98. The normalized spacial score (nSPS) is 13.1. The molecule has 15 heavy (non-hydrogen) atoms. The van der Waals surface area contributed by atoms with Gasteiger partial charge in [-0.2, -0.15) is 0 Å². The second-order valence-corrected chi connectivity index (χ2v) is 4.70. The minimum atomic E-state index is -0.414. The Morgan fingerprint density at radius 1 is 1.53 bits per heavy atom. The summed E-state index contributed by atoms with van der Waals surface area (Å²) >= 11 is 1.31. The van der Waals surface area contributed by atoms with Crippen molar-refractivity contribution in [3.05, 3.63) is 23.2 Å². The predicted octanol–water partition coefficient (Wildman–Crippen LogP) is 3.05. The van der Waals surface area contributed by atoms with Crippen molar-refractivity contribution in [2.45, 2.75) is 45.1 Å². The lowest BCUT2D eigenvalue weighted by Gasteiger charge is -2.10. The van der Waals surface area contributed by atoms with Gasteiger partial charge in [-0.3, -0.25) is 0 Å². The number of hydrogen-bond donors (Lipinski definition) is 1. The molecule has 0 aliphatic heterocycles. The highest BCUT2D eigenvalue weighted by Gasteiger charge is 2.18. The van der Waals surface area contributed by atoms with Crippen LogP contribution in [0.2, 0.25) is 0 Å². The number of aromatic nitrogens is 2. The van der Waals surface area contributed by atoms with Gasteiger partial charge in [-0.25, -0.2) is 0 Å². The molecule has 1 aromatic rings. The molecule has 0 aliphatic rings. The number of aliphatic hydroxyl groups excluding tert-OH is 1. The SMILES string of the molecule is C=CCCCC(O)c1snnc1C(C)C. The van der Waals surface area contributed by atoms with Crippen molar-refractivity contribution in [1.29, 1.82) is 0 Å². The lowest BCUT2D eigenvalue weighted by molar-refractivity contribution is 0.167. The Morgan fingerprint density at radius 3 is 2.87 bits per heavy atom. The van der Waals surface area contributed by atoms with Gasteiger partial charge in [0.25, 0.3) is 0 Å². The number of hydrogen-bond acceptors (Lipinski definition) is 4. The average Bonchev–Trinajstić information content (AvgIpc) is 2.66. The Hall–Kier alpha value is -0.740. The summed E-state index contributed by atoms with van der Waals surface area (Å²) in [5.41, 5.74) is 0.936. The van der Waals surface area contributed by atoms with Gasteiger partial charge in [-0.1, -0.05) is 24.4 Å². The molecule has 1 N–H and O–H groups in total. The summed E-state index contributed by atoms with van der Waals surface area (Å²) in [6.45, 7) is 7.79. The average molecular weight is 226 g/mol. The fraction of sp³-hybridized carbons (Fsp3) is 0.636. The third-order valence-electron chi connectivity index (χ3n) is 2.28. The van der Waals surface area contributed by atoms with E-state index in [4.69, 9.17) is 0 Å². The Balaban J connectivity index is 2.60. The molecular formula is C11H18N2OS. The first-order valence-corrected chi connectivity index (χ1v) is 6.05. The van der Waals surface area contributed by atoms with Crippen LogP contribution in [0.3, 0.4) is 0 Å². The molecule has 0 aliphatic carbocycles. The zero-order valence-electron chi connectivity index (χ0n) is 9.31. The van der Waals surface area contributed by atoms with Gasteiger partial charge in [0.15, 0.2) is 0 Å². The standard InChI is InChI=1S/C11H18N2OS/c1-4-5-6-7-9(14)11-10(8(2)3)12-13-15-11/h4,8-9,14H,1,5-7H2,2-3H3. The van der Waals surface area contributed by atoms with E-state index in [1.807, 2.05) is 6.08 Å². The van der Waals surface area contributed by atoms with Crippen LogP contribution in [-0.2, 0) is 0 Å². The van der Waals surface area contributed by atoms with Crippen LogP contribution >= 0.6 is 11.5 Å². The Labute approximate surface area is 95.0 Å². The van der Waals surface area contributed by atoms with E-state index < -0.39 is 6.10 Å². The second-order valence-electron chi connectivity index (χ2n) is 3.91. The van der Waals surface area contributed by atoms with E-state index >= 15 is 0 Å². The van der Waals surface area contributed by atoms with E-state index in [9.17, 15) is 5.11 Å². The number of rotatable bonds is 6. The van der Waals surface area contributed by atoms with Crippen molar-refractivity contribution in [2.24, 2.45) is 0 Å². The Kier molecular flexibility index (Phi) is 4.91. The molecule has 4 heteroatoms. The molecule has 0 bridgehead atoms. The topological polar surface area (TPSA) is 46.0 Å². The van der Waals surface area contributed by atoms with E-state index in [1.54, 1.807) is 0 Å². The minimum absolute atomic E-state index is 0.327. The van der Waals surface area contributed by atoms with Gasteiger partial charge in [0.1, 0.15) is 0 Å². The monoisotopic (exact) mass is 226 g/mol. The Morgan fingerprint density at radius 2 is 2.27 bits per heavy atom. The van der Waals surface area contributed by atoms with E-state index in [0.717, 1.165) is 29.8 Å². The van der Waals surface area contributed by atoms with Crippen LogP contribution in [0.5, 0.6) is 0 Å². The smallest absolute Gasteiger partial charge is 0.0917 e. The highest BCUT2D eigenvalue weighted by molar-refractivity contribution is 7.05. The molecule has 1 unspecified atom stereocenters. The summed E-state index contributed by atoms with van der Waals surface area (Å²) in [6, 6.07) is 0. The molecule has 0 fully saturated rings. The molecule has 3 nitrogen and oxygen atoms in total. The zero-order chi connectivity index (χ0) is 11.3. The van der Waals surface area contributed by atoms with Crippen LogP contribution in [0.15, 0.2) is 12.7 Å². The van der Waals surface area contributed by atoms with Crippen molar-refractivity contribution < 1.29 is 5.11 Å². The molecule has 1 atom stereocenters. The quantitative estimate of drug-likeness (QED) is 0.599. The molecule has 84 valence electrons. The van der Waals surface area contributed by atoms with Gasteiger partial charge in [0.2, 0.25) is 0 Å². The van der Waals surface area contributed by atoms with Crippen molar-refractivity contribution in [2.75, 3.05) is 0 Å². The van der Waals surface area contributed by atoms with E-state index in [0.29, 0.717) is 5.92 Å². The summed E-state index contributed by atoms with van der Waals surface area (Å²) in [7, 11) is 0. The maximum Gasteiger partial charge on any atom is 0.0917 e. The molecule has 0 amide bonds. The molecule has 0 saturated carbocycles. The highest BCUT2D eigenvalue weighted by atomic mass is 32.1. The number of unbranched alkanes of at least 4 members (excludes halogenated alkanes) is 1. The third kappa shape index (κ3) is 3.39. The van der Waals surface area contributed by atoms with Gasteiger partial charge in [-0.15, -0.1) is 11.7 Å². The summed E-state index contributed by atoms with van der Waals surface area (Å²) in [5.74, 6) is 0.327. The van der Waals surface area contributed by atoms with Crippen molar-refractivity contribution in [3.8, 4) is 0 Å². The third-order valence-corrected chi connectivity index (χ3v) is 3.12. The fourth-order valence-corrected chi connectivity index (χ4v) is 2.25. The first-order chi connectivity index (χ1) is 7.16. The molecule has 1 aromatic heterocycles. The molecule has 0 radical (unpaired) electrons. The number of allylic oxidation sites excluding steroid dienone is 1. The van der Waals surface area contributed by atoms with E-state index in [-0.39, 0.29) is 0 Å². The van der Waals surface area contributed by atoms with Crippen molar-refractivity contribution in [3.63, 3.8) is 0 Å². The predicted molar refractivity (Wildman–Crippen MR) is 63.0 cm³/mol. The molecule has 0 spiro atoms. The van der Waals surface area contributed by atoms with Crippen molar-refractivity contribution in [1.82, 2.24) is 9.59 Å². The highest BCUT2D eigenvalue weighted by Crippen LogP contribution is 2.28. The Bertz CT molecular complexity index is 309. The van der Waals surface area contributed by atoms with Crippen LogP contribution in [0.4, 0.5) is 0 Å². The van der Waals surface area contributed by atoms with Crippen molar-refractivity contribution >= 4 is 11.5 Å². The van der Waals surface area contributed by atoms with Gasteiger partial charge in [0.05, 0.1) is 16.7 Å². The van der Waals surface area contributed by atoms with Gasteiger partial charge in [0, 0.05) is 0 Å². The van der Waals surface area contributed by atoms with Gasteiger partial charge >= 0.3 is 0 Å². The summed E-state index contributed by atoms with van der Waals surface area (Å²) in [6.07, 6.45) is 4.12. The van der Waals surface area contributed by atoms with Crippen LogP contribution in [-0.4, -0.2) is 14.7 Å². The molecule has 1 rings (SSSR count). The summed E-state index contributed by atoms with van der Waals surface area (Å²) < 4.78 is 3.90. The molecular weight excluding hydrogens is 208 g/mol. The lowest BCUT2D eigenvalue weighted by Crippen LogP contribution is -2.00. The maximum absolute atomic E-state index is 9.96. The van der Waals surface area contributed by atoms with Gasteiger partial charge < -0.3 is 5.11 Å². The first kappa shape index (κ1) is 12.3. The van der Waals surface area contributed by atoms with Crippen LogP contribution in [0.25, 0.3) is 0 Å². The maximum atomic E-state index is 9.96. The lowest BCUT2D eigenvalue weighted by atomic mass is 10.0. The summed E-state index contributed by atoms with van der Waals surface area (Å²) in [4.78, 5) is 0.925. The van der Waals surface area contributed by atoms with Crippen LogP contribution in [0.1, 0.15) is 55.7 Å². The van der Waals surface area contributed by atoms with E-state index in [2.05, 4.69) is 30.0 Å². The number of aliphatic hydroxyl groups is 1. The minimum Gasteiger partial charge on any atom is -0.387 e. The van der Waals surface area contributed by atoms with Crippen LogP contribution < -0.4 is 0 Å². The number of nitrogens with zero attached hydrogens (tertiary/aromatic N) is 2. The van der Waals surface area contributed by atoms with Gasteiger partial charge in [-0.05, 0) is 36.7 Å². The van der Waals surface area contributed by atoms with E-state index in [1.165, 1.54) is 11.5 Å². The first-order valence-electron chi connectivity index (χ1n) is 5.28. The molecule has 1 heterocycles. The largest absolute Gasteiger partial charge is 0.387 e. The fourth-order valence-electron chi connectivity index (χ4n) is 1.42. The van der Waals surface area contributed by atoms with Crippen LogP contribution in [0, 0.1) is 0 Å². The zero-order valence-corrected chi connectivity index (χ0v) is 10.1. The molecule has 0 aromatic carbocycles. The summed E-state index contributed by atoms with van der Waals surface area (Å²) in [5, 5.41) is 14.0. The molecule has 0 saturated heterocycles.